The fourth-order valence-electron chi connectivity index (χ4n) is 2.83. The molecule has 1 unspecified atom stereocenters. The molecule has 1 heterocycles. The highest BCUT2D eigenvalue weighted by molar-refractivity contribution is 5.93. The van der Waals surface area contributed by atoms with Crippen LogP contribution in [0.3, 0.4) is 0 Å². The molecule has 1 amide bonds. The summed E-state index contributed by atoms with van der Waals surface area (Å²) in [5.74, 6) is 0.0164. The van der Waals surface area contributed by atoms with Crippen molar-refractivity contribution in [2.45, 2.75) is 26.9 Å². The van der Waals surface area contributed by atoms with E-state index in [2.05, 4.69) is 29.3 Å². The summed E-state index contributed by atoms with van der Waals surface area (Å²) in [5, 5.41) is 3.03. The van der Waals surface area contributed by atoms with Gasteiger partial charge in [-0.15, -0.1) is 12.4 Å². The van der Waals surface area contributed by atoms with Crippen LogP contribution in [0.4, 0.5) is 5.69 Å². The van der Waals surface area contributed by atoms with Gasteiger partial charge in [0.25, 0.3) is 0 Å². The van der Waals surface area contributed by atoms with E-state index in [4.69, 9.17) is 10.5 Å². The molecule has 0 aromatic heterocycles. The predicted octanol–water partition coefficient (Wildman–Crippen LogP) is 1.63. The van der Waals surface area contributed by atoms with Crippen molar-refractivity contribution in [1.82, 2.24) is 4.90 Å². The van der Waals surface area contributed by atoms with E-state index in [1.807, 2.05) is 13.8 Å². The molecule has 0 aliphatic carbocycles. The minimum atomic E-state index is 0. The zero-order valence-corrected chi connectivity index (χ0v) is 14.3. The third kappa shape index (κ3) is 4.95. The van der Waals surface area contributed by atoms with Crippen molar-refractivity contribution < 1.29 is 9.53 Å². The van der Waals surface area contributed by atoms with Crippen LogP contribution in [0, 0.1) is 20.8 Å². The van der Waals surface area contributed by atoms with Gasteiger partial charge in [-0.25, -0.2) is 0 Å². The zero-order valence-electron chi connectivity index (χ0n) is 13.5. The fraction of sp³-hybridized carbons (Fsp3) is 0.562. The van der Waals surface area contributed by atoms with Crippen LogP contribution >= 0.6 is 12.4 Å². The van der Waals surface area contributed by atoms with Gasteiger partial charge in [0.05, 0.1) is 19.3 Å². The van der Waals surface area contributed by atoms with Crippen LogP contribution in [0.1, 0.15) is 16.7 Å². The first-order valence-electron chi connectivity index (χ1n) is 7.41. The monoisotopic (exact) mass is 327 g/mol. The second kappa shape index (κ2) is 8.48. The Balaban J connectivity index is 0.00000242. The number of ether oxygens (including phenoxy) is 1. The molecule has 1 saturated heterocycles. The summed E-state index contributed by atoms with van der Waals surface area (Å²) in [6.45, 7) is 9.11. The van der Waals surface area contributed by atoms with Crippen molar-refractivity contribution in [3.05, 3.63) is 28.8 Å². The van der Waals surface area contributed by atoms with E-state index in [1.54, 1.807) is 0 Å². The SMILES string of the molecule is Cc1cc(C)c(NC(=O)CN2CCOC(CN)C2)c(C)c1.Cl. The van der Waals surface area contributed by atoms with E-state index >= 15 is 0 Å². The Hall–Kier alpha value is -1.14. The second-order valence-electron chi connectivity index (χ2n) is 5.79. The lowest BCUT2D eigenvalue weighted by Crippen LogP contribution is -2.48. The van der Waals surface area contributed by atoms with E-state index in [9.17, 15) is 4.79 Å². The van der Waals surface area contributed by atoms with E-state index in [-0.39, 0.29) is 24.4 Å². The Labute approximate surface area is 138 Å². The molecule has 0 bridgehead atoms. The first kappa shape index (κ1) is 18.9. The van der Waals surface area contributed by atoms with Crippen LogP contribution in [-0.4, -0.2) is 49.7 Å². The lowest BCUT2D eigenvalue weighted by atomic mass is 10.1. The highest BCUT2D eigenvalue weighted by atomic mass is 35.5. The number of halogens is 1. The van der Waals surface area contributed by atoms with Crippen molar-refractivity contribution in [1.29, 1.82) is 0 Å². The van der Waals surface area contributed by atoms with Gasteiger partial charge in [0.15, 0.2) is 0 Å². The summed E-state index contributed by atoms with van der Waals surface area (Å²) in [6.07, 6.45) is 0.0365. The number of rotatable bonds is 4. The molecular formula is C16H26ClN3O2. The molecule has 1 atom stereocenters. The van der Waals surface area contributed by atoms with Crippen molar-refractivity contribution in [3.8, 4) is 0 Å². The highest BCUT2D eigenvalue weighted by Crippen LogP contribution is 2.21. The Morgan fingerprint density at radius 1 is 1.36 bits per heavy atom. The molecule has 22 heavy (non-hydrogen) atoms. The predicted molar refractivity (Wildman–Crippen MR) is 91.8 cm³/mol. The Bertz CT molecular complexity index is 499. The van der Waals surface area contributed by atoms with E-state index < -0.39 is 0 Å². The summed E-state index contributed by atoms with van der Waals surface area (Å²) in [6, 6.07) is 4.17. The van der Waals surface area contributed by atoms with Crippen molar-refractivity contribution >= 4 is 24.0 Å². The van der Waals surface area contributed by atoms with Crippen LogP contribution in [0.25, 0.3) is 0 Å². The third-order valence-electron chi connectivity index (χ3n) is 3.79. The average Bonchev–Trinajstić information content (AvgIpc) is 2.43. The number of anilines is 1. The van der Waals surface area contributed by atoms with E-state index in [0.29, 0.717) is 19.7 Å². The second-order valence-corrected chi connectivity index (χ2v) is 5.79. The number of nitrogens with one attached hydrogen (secondary N) is 1. The maximum atomic E-state index is 12.2. The van der Waals surface area contributed by atoms with Crippen molar-refractivity contribution in [3.63, 3.8) is 0 Å². The number of aryl methyl sites for hydroxylation is 3. The Morgan fingerprint density at radius 2 is 2.00 bits per heavy atom. The van der Waals surface area contributed by atoms with E-state index in [0.717, 1.165) is 29.9 Å². The fourth-order valence-corrected chi connectivity index (χ4v) is 2.83. The molecule has 1 aromatic carbocycles. The number of nitrogens with zero attached hydrogens (tertiary/aromatic N) is 1. The Kier molecular flexibility index (Phi) is 7.29. The van der Waals surface area contributed by atoms with Crippen LogP contribution in [-0.2, 0) is 9.53 Å². The smallest absolute Gasteiger partial charge is 0.238 e. The molecule has 1 aliphatic heterocycles. The number of carbonyl (C=O) groups excluding carboxylic acids is 1. The third-order valence-corrected chi connectivity index (χ3v) is 3.79. The van der Waals surface area contributed by atoms with Crippen LogP contribution in [0.15, 0.2) is 12.1 Å². The molecule has 1 aromatic rings. The standard InChI is InChI=1S/C16H25N3O2.ClH/c1-11-6-12(2)16(13(3)7-11)18-15(20)10-19-4-5-21-14(8-17)9-19;/h6-7,14H,4-5,8-10,17H2,1-3H3,(H,18,20);1H. The van der Waals surface area contributed by atoms with Gasteiger partial charge in [-0.2, -0.15) is 0 Å². The molecule has 3 N–H and O–H groups in total. The summed E-state index contributed by atoms with van der Waals surface area (Å²) in [4.78, 5) is 14.3. The first-order chi connectivity index (χ1) is 9.99. The van der Waals surface area contributed by atoms with Gasteiger partial charge in [-0.05, 0) is 31.9 Å². The molecule has 124 valence electrons. The van der Waals surface area contributed by atoms with Crippen LogP contribution in [0.2, 0.25) is 0 Å². The largest absolute Gasteiger partial charge is 0.374 e. The molecule has 2 rings (SSSR count). The molecule has 0 radical (unpaired) electrons. The minimum Gasteiger partial charge on any atom is -0.374 e. The zero-order chi connectivity index (χ0) is 15.4. The van der Waals surface area contributed by atoms with Gasteiger partial charge in [0.1, 0.15) is 0 Å². The lowest BCUT2D eigenvalue weighted by Gasteiger charge is -2.31. The lowest BCUT2D eigenvalue weighted by molar-refractivity contribution is -0.119. The maximum absolute atomic E-state index is 12.2. The van der Waals surface area contributed by atoms with Crippen molar-refractivity contribution in [2.24, 2.45) is 5.73 Å². The molecule has 1 aliphatic rings. The highest BCUT2D eigenvalue weighted by Gasteiger charge is 2.21. The molecule has 1 fully saturated rings. The quantitative estimate of drug-likeness (QED) is 0.882. The Morgan fingerprint density at radius 3 is 2.59 bits per heavy atom. The molecule has 5 nitrogen and oxygen atoms in total. The number of hydrogen-bond donors (Lipinski definition) is 2. The number of amides is 1. The van der Waals surface area contributed by atoms with Gasteiger partial charge in [-0.3, -0.25) is 9.69 Å². The molecular weight excluding hydrogens is 302 g/mol. The van der Waals surface area contributed by atoms with Gasteiger partial charge in [0.2, 0.25) is 5.91 Å². The maximum Gasteiger partial charge on any atom is 0.238 e. The number of carbonyl (C=O) groups is 1. The topological polar surface area (TPSA) is 67.6 Å². The molecule has 0 saturated carbocycles. The number of nitrogens with two attached hydrogens (primary N) is 1. The summed E-state index contributed by atoms with van der Waals surface area (Å²) < 4.78 is 5.51. The number of hydrogen-bond acceptors (Lipinski definition) is 4. The summed E-state index contributed by atoms with van der Waals surface area (Å²) in [7, 11) is 0. The molecule has 6 heteroatoms. The van der Waals surface area contributed by atoms with Crippen molar-refractivity contribution in [2.75, 3.05) is 38.1 Å². The van der Waals surface area contributed by atoms with Crippen LogP contribution in [0.5, 0.6) is 0 Å². The molecule has 0 spiro atoms. The average molecular weight is 328 g/mol. The summed E-state index contributed by atoms with van der Waals surface area (Å²) >= 11 is 0. The van der Waals surface area contributed by atoms with Crippen LogP contribution < -0.4 is 11.1 Å². The number of benzene rings is 1. The summed E-state index contributed by atoms with van der Waals surface area (Å²) in [5.41, 5.74) is 9.96. The van der Waals surface area contributed by atoms with Gasteiger partial charge >= 0.3 is 0 Å². The van der Waals surface area contributed by atoms with E-state index in [1.165, 1.54) is 5.56 Å². The van der Waals surface area contributed by atoms with Gasteiger partial charge in [0, 0.05) is 25.3 Å². The minimum absolute atomic E-state index is 0. The van der Waals surface area contributed by atoms with Gasteiger partial charge in [-0.1, -0.05) is 17.7 Å². The normalized spacial score (nSPS) is 18.6. The van der Waals surface area contributed by atoms with Gasteiger partial charge < -0.3 is 15.8 Å². The first-order valence-corrected chi connectivity index (χ1v) is 7.41. The number of morpholine rings is 1.